The minimum absolute atomic E-state index is 0.142. The van der Waals surface area contributed by atoms with Crippen molar-refractivity contribution in [2.75, 3.05) is 0 Å². The molecule has 4 rings (SSSR count). The van der Waals surface area contributed by atoms with Gasteiger partial charge in [-0.1, -0.05) is 44.2 Å². The summed E-state index contributed by atoms with van der Waals surface area (Å²) < 4.78 is 0. The van der Waals surface area contributed by atoms with Gasteiger partial charge < -0.3 is 5.32 Å². The molecule has 148 valence electrons. The molecule has 1 aliphatic heterocycles. The largest absolute Gasteiger partial charge is 0.325 e. The van der Waals surface area contributed by atoms with Gasteiger partial charge in [0.15, 0.2) is 0 Å². The number of carbonyl (C=O) groups is 2. The Balaban J connectivity index is 1.58. The number of pyridine rings is 1. The molecular formula is C22H22N4O2S. The lowest BCUT2D eigenvalue weighted by molar-refractivity contribution is -0.132. The molecule has 1 saturated heterocycles. The number of thiazole rings is 1. The molecule has 1 atom stereocenters. The number of amides is 3. The van der Waals surface area contributed by atoms with Crippen molar-refractivity contribution in [2.24, 2.45) is 0 Å². The van der Waals surface area contributed by atoms with Crippen LogP contribution in [0.3, 0.4) is 0 Å². The molecular weight excluding hydrogens is 384 g/mol. The summed E-state index contributed by atoms with van der Waals surface area (Å²) >= 11 is 1.45. The first kappa shape index (κ1) is 19.3. The molecule has 1 fully saturated rings. The number of benzene rings is 1. The van der Waals surface area contributed by atoms with E-state index in [-0.39, 0.29) is 18.5 Å². The number of nitrogens with zero attached hydrogens (tertiary/aromatic N) is 3. The number of carbonyl (C=O) groups excluding carboxylic acids is 2. The molecule has 1 aromatic carbocycles. The van der Waals surface area contributed by atoms with E-state index in [1.165, 1.54) is 21.8 Å². The summed E-state index contributed by atoms with van der Waals surface area (Å²) in [6.07, 6.45) is 3.12. The van der Waals surface area contributed by atoms with Gasteiger partial charge in [-0.15, -0.1) is 11.3 Å². The van der Waals surface area contributed by atoms with Crippen LogP contribution >= 0.6 is 11.3 Å². The van der Waals surface area contributed by atoms with Crippen molar-refractivity contribution in [1.82, 2.24) is 20.2 Å². The van der Waals surface area contributed by atoms with Crippen molar-refractivity contribution in [2.45, 2.75) is 38.8 Å². The summed E-state index contributed by atoms with van der Waals surface area (Å²) in [6.45, 7) is 4.14. The van der Waals surface area contributed by atoms with Crippen LogP contribution in [0, 0.1) is 0 Å². The molecule has 2 aromatic heterocycles. The summed E-state index contributed by atoms with van der Waals surface area (Å²) in [5, 5.41) is 5.57. The second kappa shape index (κ2) is 7.75. The average Bonchev–Trinajstić information content (AvgIpc) is 3.33. The lowest BCUT2D eigenvalue weighted by Gasteiger charge is -2.26. The molecule has 6 nitrogen and oxygen atoms in total. The number of nitrogens with one attached hydrogen (secondary N) is 1. The zero-order valence-electron chi connectivity index (χ0n) is 16.4. The number of aryl methyl sites for hydroxylation is 1. The summed E-state index contributed by atoms with van der Waals surface area (Å²) in [7, 11) is 0. The van der Waals surface area contributed by atoms with Gasteiger partial charge in [-0.05, 0) is 36.1 Å². The quantitative estimate of drug-likeness (QED) is 0.625. The van der Waals surface area contributed by atoms with Gasteiger partial charge in [0.2, 0.25) is 0 Å². The van der Waals surface area contributed by atoms with E-state index in [1.807, 2.05) is 54.8 Å². The van der Waals surface area contributed by atoms with Crippen LogP contribution in [0.1, 0.15) is 37.1 Å². The van der Waals surface area contributed by atoms with Gasteiger partial charge in [-0.2, -0.15) is 0 Å². The van der Waals surface area contributed by atoms with Gasteiger partial charge in [-0.3, -0.25) is 14.7 Å². The molecule has 0 aliphatic carbocycles. The van der Waals surface area contributed by atoms with E-state index in [0.29, 0.717) is 12.1 Å². The molecule has 3 heterocycles. The molecule has 3 amide bonds. The van der Waals surface area contributed by atoms with Gasteiger partial charge in [-0.25, -0.2) is 9.78 Å². The normalized spacial score (nSPS) is 18.9. The molecule has 3 aromatic rings. The molecule has 1 aliphatic rings. The van der Waals surface area contributed by atoms with Crippen LogP contribution in [-0.4, -0.2) is 26.8 Å². The standard InChI is InChI=1S/C22H22N4O2S/c1-3-15-8-10-16(11-9-15)22(4-2)20(27)26(21(28)25-22)13-17-14-29-19(24-17)18-7-5-6-12-23-18/h5-12,14H,3-4,13H2,1-2H3,(H,25,28). The third-order valence-electron chi connectivity index (χ3n) is 5.32. The van der Waals surface area contributed by atoms with Crippen LogP contribution < -0.4 is 5.32 Å². The lowest BCUT2D eigenvalue weighted by Crippen LogP contribution is -2.43. The Labute approximate surface area is 173 Å². The Hall–Kier alpha value is -3.06. The third-order valence-corrected chi connectivity index (χ3v) is 6.23. The number of hydrogen-bond donors (Lipinski definition) is 1. The Morgan fingerprint density at radius 2 is 1.90 bits per heavy atom. The third kappa shape index (κ3) is 3.42. The predicted octanol–water partition coefficient (Wildman–Crippen LogP) is 4.12. The maximum absolute atomic E-state index is 13.3. The highest BCUT2D eigenvalue weighted by atomic mass is 32.1. The Morgan fingerprint density at radius 3 is 2.55 bits per heavy atom. The zero-order valence-corrected chi connectivity index (χ0v) is 17.2. The summed E-state index contributed by atoms with van der Waals surface area (Å²) in [4.78, 5) is 36.1. The van der Waals surface area contributed by atoms with Crippen molar-refractivity contribution in [3.63, 3.8) is 0 Å². The zero-order chi connectivity index (χ0) is 20.4. The fraction of sp³-hybridized carbons (Fsp3) is 0.273. The highest BCUT2D eigenvalue weighted by Crippen LogP contribution is 2.34. The van der Waals surface area contributed by atoms with Crippen molar-refractivity contribution in [3.05, 3.63) is 70.9 Å². The molecule has 0 bridgehead atoms. The SMILES string of the molecule is CCc1ccc(C2(CC)NC(=O)N(Cc3csc(-c4ccccn4)n3)C2=O)cc1. The maximum Gasteiger partial charge on any atom is 0.325 e. The average molecular weight is 407 g/mol. The summed E-state index contributed by atoms with van der Waals surface area (Å²) in [5.41, 5.74) is 2.43. The van der Waals surface area contributed by atoms with Gasteiger partial charge in [0.05, 0.1) is 17.9 Å². The van der Waals surface area contributed by atoms with Crippen LogP contribution in [0.2, 0.25) is 0 Å². The van der Waals surface area contributed by atoms with E-state index < -0.39 is 5.54 Å². The van der Waals surface area contributed by atoms with Crippen molar-refractivity contribution < 1.29 is 9.59 Å². The molecule has 1 N–H and O–H groups in total. The first-order chi connectivity index (χ1) is 14.1. The van der Waals surface area contributed by atoms with Crippen LogP contribution in [0.4, 0.5) is 4.79 Å². The van der Waals surface area contributed by atoms with Crippen molar-refractivity contribution in [3.8, 4) is 10.7 Å². The number of hydrogen-bond acceptors (Lipinski definition) is 5. The molecule has 0 saturated carbocycles. The van der Waals surface area contributed by atoms with Gasteiger partial charge >= 0.3 is 6.03 Å². The second-order valence-corrected chi connectivity index (χ2v) is 7.85. The topological polar surface area (TPSA) is 75.2 Å². The number of rotatable bonds is 6. The van der Waals surface area contributed by atoms with E-state index in [4.69, 9.17) is 0 Å². The summed E-state index contributed by atoms with van der Waals surface area (Å²) in [6, 6.07) is 13.1. The fourth-order valence-corrected chi connectivity index (χ4v) is 4.37. The Bertz CT molecular complexity index is 1030. The minimum Gasteiger partial charge on any atom is -0.319 e. The molecule has 7 heteroatoms. The lowest BCUT2D eigenvalue weighted by atomic mass is 9.86. The molecule has 1 unspecified atom stereocenters. The highest BCUT2D eigenvalue weighted by molar-refractivity contribution is 7.13. The molecule has 0 spiro atoms. The Kier molecular flexibility index (Phi) is 5.15. The van der Waals surface area contributed by atoms with Crippen LogP contribution in [0.5, 0.6) is 0 Å². The van der Waals surface area contributed by atoms with E-state index in [9.17, 15) is 9.59 Å². The highest BCUT2D eigenvalue weighted by Gasteiger charge is 2.51. The van der Waals surface area contributed by atoms with E-state index in [0.717, 1.165) is 22.7 Å². The first-order valence-electron chi connectivity index (χ1n) is 9.66. The smallest absolute Gasteiger partial charge is 0.319 e. The Morgan fingerprint density at radius 1 is 1.10 bits per heavy atom. The van der Waals surface area contributed by atoms with Gasteiger partial charge in [0, 0.05) is 11.6 Å². The van der Waals surface area contributed by atoms with Crippen LogP contribution in [0.25, 0.3) is 10.7 Å². The predicted molar refractivity (Wildman–Crippen MR) is 112 cm³/mol. The van der Waals surface area contributed by atoms with E-state index in [1.54, 1.807) is 6.20 Å². The van der Waals surface area contributed by atoms with E-state index in [2.05, 4.69) is 22.2 Å². The van der Waals surface area contributed by atoms with Crippen LogP contribution in [-0.2, 0) is 23.3 Å². The minimum atomic E-state index is -1.02. The van der Waals surface area contributed by atoms with Crippen molar-refractivity contribution in [1.29, 1.82) is 0 Å². The number of aromatic nitrogens is 2. The van der Waals surface area contributed by atoms with E-state index >= 15 is 0 Å². The maximum atomic E-state index is 13.3. The van der Waals surface area contributed by atoms with Crippen molar-refractivity contribution >= 4 is 23.3 Å². The molecule has 0 radical (unpaired) electrons. The molecule has 29 heavy (non-hydrogen) atoms. The fourth-order valence-electron chi connectivity index (χ4n) is 3.58. The first-order valence-corrected chi connectivity index (χ1v) is 10.5. The number of urea groups is 1. The monoisotopic (exact) mass is 406 g/mol. The van der Waals surface area contributed by atoms with Gasteiger partial charge in [0.1, 0.15) is 10.5 Å². The second-order valence-electron chi connectivity index (χ2n) is 6.99. The van der Waals surface area contributed by atoms with Gasteiger partial charge in [0.25, 0.3) is 5.91 Å². The summed E-state index contributed by atoms with van der Waals surface area (Å²) in [5.74, 6) is -0.235. The van der Waals surface area contributed by atoms with Crippen LogP contribution in [0.15, 0.2) is 54.0 Å². The number of imide groups is 1.